The maximum Gasteiger partial charge on any atom is 0.312 e. The first kappa shape index (κ1) is 18.7. The molecule has 27 heavy (non-hydrogen) atoms. The molecule has 1 heterocycles. The Morgan fingerprint density at radius 3 is 2.26 bits per heavy atom. The molecule has 0 aliphatic heterocycles. The summed E-state index contributed by atoms with van der Waals surface area (Å²) in [6, 6.07) is 13.0. The molecule has 0 amide bonds. The fourth-order valence-corrected chi connectivity index (χ4v) is 3.05. The SMILES string of the molecule is CC(C(=O)O)c1cc(-c2ccc(F)cc2)n(-c2ccc(S(N)(=O)=O)cc2)n1. The van der Waals surface area contributed by atoms with Gasteiger partial charge in [0.2, 0.25) is 10.0 Å². The number of nitrogens with two attached hydrogens (primary N) is 1. The molecular weight excluding hydrogens is 373 g/mol. The number of primary sulfonamides is 1. The average Bonchev–Trinajstić information content (AvgIpc) is 3.06. The van der Waals surface area contributed by atoms with Crippen molar-refractivity contribution in [2.24, 2.45) is 5.14 Å². The van der Waals surface area contributed by atoms with Gasteiger partial charge in [-0.3, -0.25) is 4.79 Å². The zero-order valence-corrected chi connectivity index (χ0v) is 15.0. The maximum absolute atomic E-state index is 13.3. The fourth-order valence-electron chi connectivity index (χ4n) is 2.54. The van der Waals surface area contributed by atoms with E-state index in [1.165, 1.54) is 48.0 Å². The van der Waals surface area contributed by atoms with E-state index in [0.717, 1.165) is 0 Å². The van der Waals surface area contributed by atoms with Crippen LogP contribution in [-0.2, 0) is 14.8 Å². The standard InChI is InChI=1S/C18H16FN3O4S/c1-11(18(23)24)16-10-17(12-2-4-13(19)5-3-12)22(21-16)14-6-8-15(9-7-14)27(20,25)26/h2-11H,1H3,(H,23,24)(H2,20,25,26). The van der Waals surface area contributed by atoms with Gasteiger partial charge in [-0.1, -0.05) is 0 Å². The monoisotopic (exact) mass is 389 g/mol. The van der Waals surface area contributed by atoms with Gasteiger partial charge < -0.3 is 5.11 Å². The van der Waals surface area contributed by atoms with E-state index in [9.17, 15) is 22.7 Å². The summed E-state index contributed by atoms with van der Waals surface area (Å²) in [7, 11) is -3.84. The number of aromatic nitrogens is 2. The number of nitrogens with zero attached hydrogens (tertiary/aromatic N) is 2. The maximum atomic E-state index is 13.3. The summed E-state index contributed by atoms with van der Waals surface area (Å²) in [6.45, 7) is 1.51. The number of halogens is 1. The van der Waals surface area contributed by atoms with Crippen LogP contribution in [0.5, 0.6) is 0 Å². The van der Waals surface area contributed by atoms with E-state index >= 15 is 0 Å². The van der Waals surface area contributed by atoms with E-state index in [4.69, 9.17) is 5.14 Å². The molecule has 0 spiro atoms. The highest BCUT2D eigenvalue weighted by atomic mass is 32.2. The first-order valence-corrected chi connectivity index (χ1v) is 9.43. The number of carbonyl (C=O) groups is 1. The molecule has 0 saturated carbocycles. The second-order valence-electron chi connectivity index (χ2n) is 5.97. The van der Waals surface area contributed by atoms with Gasteiger partial charge in [0.05, 0.1) is 27.9 Å². The Morgan fingerprint density at radius 1 is 1.15 bits per heavy atom. The molecule has 9 heteroatoms. The lowest BCUT2D eigenvalue weighted by atomic mass is 10.1. The van der Waals surface area contributed by atoms with Crippen LogP contribution in [0.15, 0.2) is 59.5 Å². The highest BCUT2D eigenvalue weighted by molar-refractivity contribution is 7.89. The number of carboxylic acid groups (broad SMARTS) is 1. The third kappa shape index (κ3) is 3.88. The predicted molar refractivity (Wildman–Crippen MR) is 96.4 cm³/mol. The Bertz CT molecular complexity index is 1090. The van der Waals surface area contributed by atoms with E-state index in [2.05, 4.69) is 5.10 Å². The van der Waals surface area contributed by atoms with Crippen molar-refractivity contribution in [3.8, 4) is 16.9 Å². The number of hydrogen-bond acceptors (Lipinski definition) is 4. The second kappa shape index (κ2) is 6.93. The number of sulfonamides is 1. The summed E-state index contributed by atoms with van der Waals surface area (Å²) in [5.41, 5.74) is 1.99. The summed E-state index contributed by atoms with van der Waals surface area (Å²) in [6.07, 6.45) is 0. The lowest BCUT2D eigenvalue weighted by molar-refractivity contribution is -0.138. The molecule has 7 nitrogen and oxygen atoms in total. The van der Waals surface area contributed by atoms with Gasteiger partial charge in [-0.25, -0.2) is 22.6 Å². The quantitative estimate of drug-likeness (QED) is 0.696. The van der Waals surface area contributed by atoms with Crippen molar-refractivity contribution in [3.63, 3.8) is 0 Å². The van der Waals surface area contributed by atoms with Crippen molar-refractivity contribution < 1.29 is 22.7 Å². The molecule has 1 unspecified atom stereocenters. The van der Waals surface area contributed by atoms with Gasteiger partial charge in [0.15, 0.2) is 0 Å². The summed E-state index contributed by atoms with van der Waals surface area (Å²) in [4.78, 5) is 11.3. The molecule has 1 atom stereocenters. The largest absolute Gasteiger partial charge is 0.481 e. The highest BCUT2D eigenvalue weighted by Crippen LogP contribution is 2.28. The first-order valence-electron chi connectivity index (χ1n) is 7.89. The van der Waals surface area contributed by atoms with Crippen LogP contribution in [0.25, 0.3) is 16.9 Å². The number of hydrogen-bond donors (Lipinski definition) is 2. The molecular formula is C18H16FN3O4S. The van der Waals surface area contributed by atoms with Crippen molar-refractivity contribution in [1.82, 2.24) is 9.78 Å². The molecule has 3 rings (SSSR count). The zero-order chi connectivity index (χ0) is 19.8. The van der Waals surface area contributed by atoms with E-state index in [-0.39, 0.29) is 4.90 Å². The molecule has 0 aliphatic carbocycles. The summed E-state index contributed by atoms with van der Waals surface area (Å²) in [5.74, 6) is -2.29. The highest BCUT2D eigenvalue weighted by Gasteiger charge is 2.21. The minimum atomic E-state index is -3.84. The lowest BCUT2D eigenvalue weighted by Gasteiger charge is -2.08. The number of aliphatic carboxylic acids is 1. The fraction of sp³-hybridized carbons (Fsp3) is 0.111. The van der Waals surface area contributed by atoms with Crippen molar-refractivity contribution in [2.45, 2.75) is 17.7 Å². The molecule has 0 fully saturated rings. The van der Waals surface area contributed by atoms with Gasteiger partial charge in [-0.15, -0.1) is 0 Å². The van der Waals surface area contributed by atoms with Crippen molar-refractivity contribution in [3.05, 3.63) is 66.1 Å². The smallest absolute Gasteiger partial charge is 0.312 e. The Morgan fingerprint density at radius 2 is 1.74 bits per heavy atom. The average molecular weight is 389 g/mol. The molecule has 3 aromatic rings. The van der Waals surface area contributed by atoms with Gasteiger partial charge in [0.25, 0.3) is 0 Å². The van der Waals surface area contributed by atoms with Crippen molar-refractivity contribution in [1.29, 1.82) is 0 Å². The number of carboxylic acids is 1. The van der Waals surface area contributed by atoms with Crippen molar-refractivity contribution in [2.75, 3.05) is 0 Å². The Labute approximate surface area is 154 Å². The topological polar surface area (TPSA) is 115 Å². The van der Waals surface area contributed by atoms with Crippen LogP contribution >= 0.6 is 0 Å². The zero-order valence-electron chi connectivity index (χ0n) is 14.2. The normalized spacial score (nSPS) is 12.7. The van der Waals surface area contributed by atoms with Crippen LogP contribution in [0.4, 0.5) is 4.39 Å². The number of rotatable bonds is 5. The summed E-state index contributed by atoms with van der Waals surface area (Å²) < 4.78 is 37.6. The summed E-state index contributed by atoms with van der Waals surface area (Å²) >= 11 is 0. The van der Waals surface area contributed by atoms with Crippen LogP contribution in [0.3, 0.4) is 0 Å². The van der Waals surface area contributed by atoms with E-state index in [1.807, 2.05) is 0 Å². The third-order valence-electron chi connectivity index (χ3n) is 4.09. The van der Waals surface area contributed by atoms with Crippen molar-refractivity contribution >= 4 is 16.0 Å². The van der Waals surface area contributed by atoms with Gasteiger partial charge in [0, 0.05) is 5.56 Å². The van der Waals surface area contributed by atoms with Crippen LogP contribution in [0.1, 0.15) is 18.5 Å². The van der Waals surface area contributed by atoms with E-state index in [0.29, 0.717) is 22.6 Å². The minimum absolute atomic E-state index is 0.0548. The second-order valence-corrected chi connectivity index (χ2v) is 7.53. The number of benzene rings is 2. The molecule has 1 aromatic heterocycles. The third-order valence-corrected chi connectivity index (χ3v) is 5.02. The van der Waals surface area contributed by atoms with Crippen LogP contribution < -0.4 is 5.14 Å². The lowest BCUT2D eigenvalue weighted by Crippen LogP contribution is -2.12. The Kier molecular flexibility index (Phi) is 4.81. The first-order chi connectivity index (χ1) is 12.7. The van der Waals surface area contributed by atoms with E-state index in [1.54, 1.807) is 18.2 Å². The molecule has 0 aliphatic rings. The van der Waals surface area contributed by atoms with Gasteiger partial charge in [0.1, 0.15) is 5.82 Å². The molecule has 2 aromatic carbocycles. The van der Waals surface area contributed by atoms with Gasteiger partial charge in [-0.05, 0) is 61.5 Å². The molecule has 0 bridgehead atoms. The predicted octanol–water partition coefficient (Wildman–Crippen LogP) is 2.51. The molecule has 0 saturated heterocycles. The van der Waals surface area contributed by atoms with Crippen LogP contribution in [0, 0.1) is 5.82 Å². The minimum Gasteiger partial charge on any atom is -0.481 e. The van der Waals surface area contributed by atoms with Gasteiger partial charge >= 0.3 is 5.97 Å². The van der Waals surface area contributed by atoms with E-state index < -0.39 is 27.7 Å². The Hall–Kier alpha value is -3.04. The van der Waals surface area contributed by atoms with Crippen LogP contribution in [-0.4, -0.2) is 29.3 Å². The molecule has 140 valence electrons. The Balaban J connectivity index is 2.15. The van der Waals surface area contributed by atoms with Gasteiger partial charge in [-0.2, -0.15) is 5.10 Å². The molecule has 0 radical (unpaired) electrons. The molecule has 3 N–H and O–H groups in total. The summed E-state index contributed by atoms with van der Waals surface area (Å²) in [5, 5.41) is 18.7. The van der Waals surface area contributed by atoms with Crippen LogP contribution in [0.2, 0.25) is 0 Å².